The van der Waals surface area contributed by atoms with Crippen molar-refractivity contribution in [2.75, 3.05) is 0 Å². The van der Waals surface area contributed by atoms with Gasteiger partial charge >= 0.3 is 0 Å². The molecule has 26 heavy (non-hydrogen) atoms. The molecule has 2 amide bonds. The number of rotatable bonds is 7. The zero-order valence-electron chi connectivity index (χ0n) is 14.8. The molecule has 0 aliphatic heterocycles. The Bertz CT molecular complexity index is 766. The SMILES string of the molecule is CC(C)CC(=O)NC(C(=O)NCc1cc(F)ccc1Br)c1ccccc1. The van der Waals surface area contributed by atoms with E-state index in [0.717, 1.165) is 0 Å². The highest BCUT2D eigenvalue weighted by molar-refractivity contribution is 9.10. The summed E-state index contributed by atoms with van der Waals surface area (Å²) < 4.78 is 14.1. The molecule has 1 atom stereocenters. The van der Waals surface area contributed by atoms with E-state index >= 15 is 0 Å². The number of hydrogen-bond acceptors (Lipinski definition) is 2. The first kappa shape index (κ1) is 20.1. The average molecular weight is 421 g/mol. The predicted octanol–water partition coefficient (Wildman–Crippen LogP) is 4.11. The number of carbonyl (C=O) groups is 2. The van der Waals surface area contributed by atoms with E-state index in [-0.39, 0.29) is 30.1 Å². The molecule has 0 saturated carbocycles. The number of halogens is 2. The van der Waals surface area contributed by atoms with E-state index in [1.165, 1.54) is 12.1 Å². The van der Waals surface area contributed by atoms with Gasteiger partial charge in [-0.3, -0.25) is 9.59 Å². The lowest BCUT2D eigenvalue weighted by Gasteiger charge is -2.20. The normalized spacial score (nSPS) is 11.9. The molecule has 0 saturated heterocycles. The van der Waals surface area contributed by atoms with E-state index < -0.39 is 6.04 Å². The van der Waals surface area contributed by atoms with Crippen LogP contribution in [-0.2, 0) is 16.1 Å². The second kappa shape index (κ2) is 9.48. The van der Waals surface area contributed by atoms with Crippen LogP contribution in [0.15, 0.2) is 53.0 Å². The van der Waals surface area contributed by atoms with Gasteiger partial charge in [-0.1, -0.05) is 60.1 Å². The fourth-order valence-corrected chi connectivity index (χ4v) is 2.89. The van der Waals surface area contributed by atoms with E-state index in [0.29, 0.717) is 22.0 Å². The summed E-state index contributed by atoms with van der Waals surface area (Å²) in [6.45, 7) is 4.04. The van der Waals surface area contributed by atoms with Gasteiger partial charge in [0.15, 0.2) is 0 Å². The smallest absolute Gasteiger partial charge is 0.247 e. The van der Waals surface area contributed by atoms with Crippen LogP contribution in [0.4, 0.5) is 4.39 Å². The number of benzene rings is 2. The van der Waals surface area contributed by atoms with Crippen molar-refractivity contribution in [2.45, 2.75) is 32.9 Å². The van der Waals surface area contributed by atoms with Gasteiger partial charge < -0.3 is 10.6 Å². The summed E-state index contributed by atoms with van der Waals surface area (Å²) in [4.78, 5) is 24.9. The Labute approximate surface area is 161 Å². The molecule has 6 heteroatoms. The molecular formula is C20H22BrFN2O2. The Hall–Kier alpha value is -2.21. The van der Waals surface area contributed by atoms with Gasteiger partial charge in [0, 0.05) is 17.4 Å². The zero-order valence-corrected chi connectivity index (χ0v) is 16.3. The summed E-state index contributed by atoms with van der Waals surface area (Å²) in [5, 5.41) is 5.56. The van der Waals surface area contributed by atoms with Crippen molar-refractivity contribution in [1.82, 2.24) is 10.6 Å². The zero-order chi connectivity index (χ0) is 19.1. The van der Waals surface area contributed by atoms with Crippen molar-refractivity contribution in [2.24, 2.45) is 5.92 Å². The molecule has 138 valence electrons. The van der Waals surface area contributed by atoms with Gasteiger partial charge in [-0.05, 0) is 35.2 Å². The lowest BCUT2D eigenvalue weighted by molar-refractivity contribution is -0.129. The van der Waals surface area contributed by atoms with Crippen molar-refractivity contribution in [3.8, 4) is 0 Å². The first-order valence-electron chi connectivity index (χ1n) is 8.42. The Balaban J connectivity index is 2.12. The largest absolute Gasteiger partial charge is 0.350 e. The third kappa shape index (κ3) is 5.95. The molecule has 2 N–H and O–H groups in total. The highest BCUT2D eigenvalue weighted by Gasteiger charge is 2.23. The Morgan fingerprint density at radius 1 is 1.12 bits per heavy atom. The highest BCUT2D eigenvalue weighted by atomic mass is 79.9. The molecular weight excluding hydrogens is 399 g/mol. The van der Waals surface area contributed by atoms with Crippen LogP contribution >= 0.6 is 15.9 Å². The number of hydrogen-bond donors (Lipinski definition) is 2. The maximum atomic E-state index is 13.4. The van der Waals surface area contributed by atoms with Gasteiger partial charge in [0.05, 0.1) is 0 Å². The fourth-order valence-electron chi connectivity index (χ4n) is 2.50. The van der Waals surface area contributed by atoms with Gasteiger partial charge in [0.2, 0.25) is 11.8 Å². The first-order chi connectivity index (χ1) is 12.4. The Kier molecular flexibility index (Phi) is 7.33. The van der Waals surface area contributed by atoms with E-state index in [1.807, 2.05) is 32.0 Å². The summed E-state index contributed by atoms with van der Waals surface area (Å²) >= 11 is 3.34. The van der Waals surface area contributed by atoms with Gasteiger partial charge in [0.25, 0.3) is 0 Å². The van der Waals surface area contributed by atoms with Crippen LogP contribution in [0.3, 0.4) is 0 Å². The quantitative estimate of drug-likeness (QED) is 0.707. The summed E-state index contributed by atoms with van der Waals surface area (Å²) in [6.07, 6.45) is 0.339. The molecule has 4 nitrogen and oxygen atoms in total. The molecule has 0 fully saturated rings. The molecule has 2 rings (SSSR count). The van der Waals surface area contributed by atoms with Crippen molar-refractivity contribution in [1.29, 1.82) is 0 Å². The van der Waals surface area contributed by atoms with E-state index in [1.54, 1.807) is 18.2 Å². The first-order valence-corrected chi connectivity index (χ1v) is 9.22. The lowest BCUT2D eigenvalue weighted by atomic mass is 10.0. The molecule has 2 aromatic carbocycles. The molecule has 2 aromatic rings. The molecule has 0 bridgehead atoms. The summed E-state index contributed by atoms with van der Waals surface area (Å²) in [6, 6.07) is 12.5. The van der Waals surface area contributed by atoms with E-state index in [9.17, 15) is 14.0 Å². The standard InChI is InChI=1S/C20H22BrFN2O2/c1-13(2)10-18(25)24-19(14-6-4-3-5-7-14)20(26)23-12-15-11-16(22)8-9-17(15)21/h3-9,11,13,19H,10,12H2,1-2H3,(H,23,26)(H,24,25). The highest BCUT2D eigenvalue weighted by Crippen LogP contribution is 2.19. The van der Waals surface area contributed by atoms with Crippen LogP contribution in [0.5, 0.6) is 0 Å². The van der Waals surface area contributed by atoms with Crippen LogP contribution < -0.4 is 10.6 Å². The minimum Gasteiger partial charge on any atom is -0.350 e. The van der Waals surface area contributed by atoms with Crippen molar-refractivity contribution in [3.05, 3.63) is 69.9 Å². The number of nitrogens with one attached hydrogen (secondary N) is 2. The third-order valence-electron chi connectivity index (χ3n) is 3.75. The minimum absolute atomic E-state index is 0.153. The summed E-state index contributed by atoms with van der Waals surface area (Å²) in [5.41, 5.74) is 1.32. The number of carbonyl (C=O) groups excluding carboxylic acids is 2. The maximum Gasteiger partial charge on any atom is 0.247 e. The van der Waals surface area contributed by atoms with E-state index in [2.05, 4.69) is 26.6 Å². The van der Waals surface area contributed by atoms with Gasteiger partial charge in [0.1, 0.15) is 11.9 Å². The van der Waals surface area contributed by atoms with E-state index in [4.69, 9.17) is 0 Å². The van der Waals surface area contributed by atoms with Crippen LogP contribution in [0.2, 0.25) is 0 Å². The third-order valence-corrected chi connectivity index (χ3v) is 4.53. The Morgan fingerprint density at radius 3 is 2.46 bits per heavy atom. The van der Waals surface area contributed by atoms with Gasteiger partial charge in [-0.15, -0.1) is 0 Å². The minimum atomic E-state index is -0.796. The van der Waals surface area contributed by atoms with Crippen molar-refractivity contribution < 1.29 is 14.0 Å². The molecule has 0 aliphatic rings. The molecule has 0 heterocycles. The predicted molar refractivity (Wildman–Crippen MR) is 103 cm³/mol. The lowest BCUT2D eigenvalue weighted by Crippen LogP contribution is -2.40. The van der Waals surface area contributed by atoms with Gasteiger partial charge in [-0.2, -0.15) is 0 Å². The summed E-state index contributed by atoms with van der Waals surface area (Å²) in [5.74, 6) is -0.708. The molecule has 0 aromatic heterocycles. The molecule has 0 spiro atoms. The second-order valence-corrected chi connectivity index (χ2v) is 7.32. The van der Waals surface area contributed by atoms with Crippen LogP contribution in [0.1, 0.15) is 37.4 Å². The molecule has 0 aliphatic carbocycles. The average Bonchev–Trinajstić information content (AvgIpc) is 2.60. The fraction of sp³-hybridized carbons (Fsp3) is 0.300. The van der Waals surface area contributed by atoms with Crippen LogP contribution in [0.25, 0.3) is 0 Å². The second-order valence-electron chi connectivity index (χ2n) is 6.46. The molecule has 0 radical (unpaired) electrons. The van der Waals surface area contributed by atoms with Crippen molar-refractivity contribution >= 4 is 27.7 Å². The van der Waals surface area contributed by atoms with Gasteiger partial charge in [-0.25, -0.2) is 4.39 Å². The van der Waals surface area contributed by atoms with Crippen LogP contribution in [-0.4, -0.2) is 11.8 Å². The molecule has 1 unspecified atom stereocenters. The van der Waals surface area contributed by atoms with Crippen LogP contribution in [0, 0.1) is 11.7 Å². The monoisotopic (exact) mass is 420 g/mol. The maximum absolute atomic E-state index is 13.4. The topological polar surface area (TPSA) is 58.2 Å². The summed E-state index contributed by atoms with van der Waals surface area (Å²) in [7, 11) is 0. The van der Waals surface area contributed by atoms with Crippen molar-refractivity contribution in [3.63, 3.8) is 0 Å². The Morgan fingerprint density at radius 2 is 1.81 bits per heavy atom. The number of amides is 2.